The maximum atomic E-state index is 12.7. The van der Waals surface area contributed by atoms with Gasteiger partial charge in [-0.3, -0.25) is 14.6 Å². The SMILES string of the molecule is Cc1ccc(-n2nc(C(=O)N/N=C\c3ccccn3)c(C)c(C#N)c2=O)cc1C. The number of carbonyl (C=O) groups excluding carboxylic acids is 1. The summed E-state index contributed by atoms with van der Waals surface area (Å²) in [6.45, 7) is 5.36. The first-order chi connectivity index (χ1) is 13.9. The van der Waals surface area contributed by atoms with E-state index in [2.05, 4.69) is 20.6 Å². The number of aromatic nitrogens is 3. The molecule has 0 atom stereocenters. The van der Waals surface area contributed by atoms with E-state index in [0.717, 1.165) is 15.8 Å². The van der Waals surface area contributed by atoms with Crippen molar-refractivity contribution in [3.63, 3.8) is 0 Å². The number of carbonyl (C=O) groups is 1. The van der Waals surface area contributed by atoms with Crippen molar-refractivity contribution in [2.45, 2.75) is 20.8 Å². The van der Waals surface area contributed by atoms with Crippen LogP contribution in [-0.2, 0) is 0 Å². The fraction of sp³-hybridized carbons (Fsp3) is 0.143. The monoisotopic (exact) mass is 386 g/mol. The van der Waals surface area contributed by atoms with Crippen molar-refractivity contribution in [1.29, 1.82) is 5.26 Å². The highest BCUT2D eigenvalue weighted by atomic mass is 16.2. The minimum Gasteiger partial charge on any atom is -0.266 e. The van der Waals surface area contributed by atoms with Gasteiger partial charge in [-0.05, 0) is 56.2 Å². The standard InChI is InChI=1S/C21H18N6O2/c1-13-7-8-17(10-14(13)2)27-21(29)18(11-22)15(3)19(26-27)20(28)25-24-12-16-6-4-5-9-23-16/h4-10,12H,1-3H3,(H,25,28)/b24-12-. The molecule has 0 saturated carbocycles. The highest BCUT2D eigenvalue weighted by molar-refractivity contribution is 5.94. The summed E-state index contributed by atoms with van der Waals surface area (Å²) in [7, 11) is 0. The number of amides is 1. The Labute approximate surface area is 167 Å². The zero-order chi connectivity index (χ0) is 21.0. The van der Waals surface area contributed by atoms with E-state index in [1.807, 2.05) is 26.0 Å². The van der Waals surface area contributed by atoms with E-state index in [9.17, 15) is 14.9 Å². The van der Waals surface area contributed by atoms with Gasteiger partial charge < -0.3 is 0 Å². The summed E-state index contributed by atoms with van der Waals surface area (Å²) in [5.74, 6) is -0.635. The van der Waals surface area contributed by atoms with Gasteiger partial charge in [-0.1, -0.05) is 12.1 Å². The van der Waals surface area contributed by atoms with Crippen molar-refractivity contribution >= 4 is 12.1 Å². The van der Waals surface area contributed by atoms with Crippen LogP contribution in [0.1, 0.15) is 38.4 Å². The zero-order valence-corrected chi connectivity index (χ0v) is 16.2. The lowest BCUT2D eigenvalue weighted by molar-refractivity contribution is 0.0947. The Balaban J connectivity index is 2.01. The van der Waals surface area contributed by atoms with Gasteiger partial charge in [-0.15, -0.1) is 0 Å². The van der Waals surface area contributed by atoms with Crippen LogP contribution in [0.2, 0.25) is 0 Å². The first kappa shape index (κ1) is 19.6. The number of hydrogen-bond donors (Lipinski definition) is 1. The number of nitrogens with one attached hydrogen (secondary N) is 1. The molecule has 3 aromatic rings. The molecule has 0 aliphatic carbocycles. The molecule has 0 saturated heterocycles. The van der Waals surface area contributed by atoms with Crippen LogP contribution in [0.25, 0.3) is 5.69 Å². The largest absolute Gasteiger partial charge is 0.292 e. The van der Waals surface area contributed by atoms with Crippen LogP contribution in [-0.4, -0.2) is 26.9 Å². The van der Waals surface area contributed by atoms with Gasteiger partial charge in [0.05, 0.1) is 17.6 Å². The minimum absolute atomic E-state index is 0.0578. The van der Waals surface area contributed by atoms with Crippen LogP contribution in [0.4, 0.5) is 0 Å². The highest BCUT2D eigenvalue weighted by Crippen LogP contribution is 2.14. The molecule has 0 fully saturated rings. The van der Waals surface area contributed by atoms with Crippen molar-refractivity contribution in [2.24, 2.45) is 5.10 Å². The summed E-state index contributed by atoms with van der Waals surface area (Å²) in [5.41, 5.74) is 4.83. The van der Waals surface area contributed by atoms with E-state index in [-0.39, 0.29) is 16.8 Å². The second kappa shape index (κ2) is 8.27. The van der Waals surface area contributed by atoms with Gasteiger partial charge in [0, 0.05) is 11.8 Å². The Hall–Kier alpha value is -4.12. The van der Waals surface area contributed by atoms with Crippen LogP contribution < -0.4 is 11.0 Å². The third kappa shape index (κ3) is 4.09. The van der Waals surface area contributed by atoms with E-state index in [1.165, 1.54) is 13.1 Å². The van der Waals surface area contributed by atoms with Crippen molar-refractivity contribution in [3.8, 4) is 11.8 Å². The van der Waals surface area contributed by atoms with Gasteiger partial charge in [-0.2, -0.15) is 20.1 Å². The lowest BCUT2D eigenvalue weighted by Crippen LogP contribution is -2.31. The average Bonchev–Trinajstić information content (AvgIpc) is 2.71. The summed E-state index contributed by atoms with van der Waals surface area (Å²) >= 11 is 0. The maximum Gasteiger partial charge on any atom is 0.292 e. The predicted molar refractivity (Wildman–Crippen MR) is 108 cm³/mol. The van der Waals surface area contributed by atoms with Crippen LogP contribution in [0, 0.1) is 32.1 Å². The third-order valence-corrected chi connectivity index (χ3v) is 4.45. The lowest BCUT2D eigenvalue weighted by atomic mass is 10.1. The molecule has 2 aromatic heterocycles. The topological polar surface area (TPSA) is 113 Å². The van der Waals surface area contributed by atoms with E-state index >= 15 is 0 Å². The van der Waals surface area contributed by atoms with Gasteiger partial charge in [0.15, 0.2) is 5.69 Å². The van der Waals surface area contributed by atoms with Crippen molar-refractivity contribution in [2.75, 3.05) is 0 Å². The average molecular weight is 386 g/mol. The second-order valence-electron chi connectivity index (χ2n) is 6.40. The molecule has 8 heteroatoms. The first-order valence-corrected chi connectivity index (χ1v) is 8.78. The molecule has 0 radical (unpaired) electrons. The Morgan fingerprint density at radius 3 is 2.66 bits per heavy atom. The molecule has 144 valence electrons. The maximum absolute atomic E-state index is 12.7. The van der Waals surface area contributed by atoms with E-state index in [4.69, 9.17) is 0 Å². The third-order valence-electron chi connectivity index (χ3n) is 4.45. The van der Waals surface area contributed by atoms with Gasteiger partial charge >= 0.3 is 0 Å². The van der Waals surface area contributed by atoms with Gasteiger partial charge in [0.2, 0.25) is 0 Å². The minimum atomic E-state index is -0.635. The van der Waals surface area contributed by atoms with Crippen LogP contribution in [0.15, 0.2) is 52.5 Å². The molecule has 2 heterocycles. The second-order valence-corrected chi connectivity index (χ2v) is 6.40. The number of hydrazone groups is 1. The van der Waals surface area contributed by atoms with Gasteiger partial charge in [-0.25, -0.2) is 5.43 Å². The molecule has 29 heavy (non-hydrogen) atoms. The summed E-state index contributed by atoms with van der Waals surface area (Å²) in [6.07, 6.45) is 2.99. The van der Waals surface area contributed by atoms with Crippen LogP contribution in [0.3, 0.4) is 0 Å². The zero-order valence-electron chi connectivity index (χ0n) is 16.2. The fourth-order valence-corrected chi connectivity index (χ4v) is 2.65. The number of benzene rings is 1. The molecule has 0 aliphatic heterocycles. The highest BCUT2D eigenvalue weighted by Gasteiger charge is 2.20. The summed E-state index contributed by atoms with van der Waals surface area (Å²) in [5, 5.41) is 17.5. The molecule has 1 amide bonds. The van der Waals surface area contributed by atoms with Gasteiger partial charge in [0.25, 0.3) is 11.5 Å². The summed E-state index contributed by atoms with van der Waals surface area (Å²) in [4.78, 5) is 29.4. The van der Waals surface area contributed by atoms with E-state index < -0.39 is 11.5 Å². The lowest BCUT2D eigenvalue weighted by Gasteiger charge is -2.11. The van der Waals surface area contributed by atoms with Crippen LogP contribution >= 0.6 is 0 Å². The van der Waals surface area contributed by atoms with Crippen molar-refractivity contribution < 1.29 is 4.79 Å². The number of nitriles is 1. The molecule has 8 nitrogen and oxygen atoms in total. The Kier molecular flexibility index (Phi) is 5.60. The van der Waals surface area contributed by atoms with Crippen molar-refractivity contribution in [1.82, 2.24) is 20.2 Å². The normalized spacial score (nSPS) is 10.7. The quantitative estimate of drug-likeness (QED) is 0.545. The summed E-state index contributed by atoms with van der Waals surface area (Å²) < 4.78 is 1.06. The van der Waals surface area contributed by atoms with Crippen molar-refractivity contribution in [3.05, 3.63) is 86.6 Å². The van der Waals surface area contributed by atoms with E-state index in [0.29, 0.717) is 11.4 Å². The summed E-state index contributed by atoms with van der Waals surface area (Å²) in [6, 6.07) is 12.5. The van der Waals surface area contributed by atoms with E-state index in [1.54, 1.807) is 36.5 Å². The fourth-order valence-electron chi connectivity index (χ4n) is 2.65. The molecule has 0 bridgehead atoms. The Morgan fingerprint density at radius 1 is 1.21 bits per heavy atom. The number of rotatable bonds is 4. The number of pyridine rings is 1. The first-order valence-electron chi connectivity index (χ1n) is 8.78. The molecule has 1 N–H and O–H groups in total. The molecule has 0 spiro atoms. The molecular formula is C21H18N6O2. The molecular weight excluding hydrogens is 368 g/mol. The number of aryl methyl sites for hydroxylation is 2. The molecule has 1 aromatic carbocycles. The molecule has 0 unspecified atom stereocenters. The van der Waals surface area contributed by atoms with Crippen LogP contribution in [0.5, 0.6) is 0 Å². The smallest absolute Gasteiger partial charge is 0.266 e. The molecule has 0 aliphatic rings. The number of hydrogen-bond acceptors (Lipinski definition) is 6. The Bertz CT molecular complexity index is 1210. The molecule has 3 rings (SSSR count). The van der Waals surface area contributed by atoms with Gasteiger partial charge in [0.1, 0.15) is 11.6 Å². The number of nitrogens with zero attached hydrogens (tertiary/aromatic N) is 5. The predicted octanol–water partition coefficient (Wildman–Crippen LogP) is 2.19. The Morgan fingerprint density at radius 2 is 2.00 bits per heavy atom.